The molecule has 108 valence electrons. The van der Waals surface area contributed by atoms with Crippen molar-refractivity contribution in [3.05, 3.63) is 29.6 Å². The zero-order chi connectivity index (χ0) is 14.4. The van der Waals surface area contributed by atoms with E-state index in [1.807, 2.05) is 13.1 Å². The molecule has 0 spiro atoms. The van der Waals surface area contributed by atoms with Gasteiger partial charge in [-0.05, 0) is 19.1 Å². The molecule has 19 heavy (non-hydrogen) atoms. The van der Waals surface area contributed by atoms with E-state index in [2.05, 4.69) is 31.0 Å². The molecule has 0 aromatic heterocycles. The van der Waals surface area contributed by atoms with Crippen molar-refractivity contribution in [1.82, 2.24) is 5.32 Å². The van der Waals surface area contributed by atoms with Gasteiger partial charge in [0.05, 0.1) is 6.61 Å². The topological polar surface area (TPSA) is 24.5 Å². The molecule has 0 aliphatic rings. The number of hydrogen-bond acceptors (Lipinski definition) is 3. The summed E-state index contributed by atoms with van der Waals surface area (Å²) in [4.78, 5) is 2.06. The predicted molar refractivity (Wildman–Crippen MR) is 78.1 cm³/mol. The highest BCUT2D eigenvalue weighted by molar-refractivity contribution is 5.54. The van der Waals surface area contributed by atoms with Gasteiger partial charge in [-0.3, -0.25) is 0 Å². The predicted octanol–water partition coefficient (Wildman–Crippen LogP) is 2.79. The lowest BCUT2D eigenvalue weighted by Crippen LogP contribution is -2.34. The van der Waals surface area contributed by atoms with Crippen molar-refractivity contribution in [1.29, 1.82) is 0 Å². The van der Waals surface area contributed by atoms with Gasteiger partial charge in [-0.15, -0.1) is 0 Å². The van der Waals surface area contributed by atoms with E-state index in [0.29, 0.717) is 24.8 Å². The fourth-order valence-electron chi connectivity index (χ4n) is 1.95. The van der Waals surface area contributed by atoms with Gasteiger partial charge in [-0.1, -0.05) is 19.9 Å². The van der Waals surface area contributed by atoms with Gasteiger partial charge in [0, 0.05) is 44.0 Å². The number of hydrogen-bond donors (Lipinski definition) is 1. The van der Waals surface area contributed by atoms with Crippen molar-refractivity contribution in [2.45, 2.75) is 39.4 Å². The summed E-state index contributed by atoms with van der Waals surface area (Å²) in [6.07, 6.45) is 0. The second-order valence-electron chi connectivity index (χ2n) is 5.19. The van der Waals surface area contributed by atoms with Crippen LogP contribution in [0.3, 0.4) is 0 Å². The number of nitrogens with zero attached hydrogens (tertiary/aromatic N) is 1. The Kier molecular flexibility index (Phi) is 6.25. The molecule has 0 bridgehead atoms. The number of anilines is 1. The van der Waals surface area contributed by atoms with Crippen LogP contribution in [-0.4, -0.2) is 32.8 Å². The lowest BCUT2D eigenvalue weighted by Gasteiger charge is -2.29. The molecule has 0 aliphatic heterocycles. The number of nitrogens with one attached hydrogen (secondary N) is 1. The Bertz CT molecular complexity index is 396. The smallest absolute Gasteiger partial charge is 0.129 e. The minimum absolute atomic E-state index is 0.165. The van der Waals surface area contributed by atoms with E-state index >= 15 is 0 Å². The molecule has 0 amide bonds. The highest BCUT2D eigenvalue weighted by Crippen LogP contribution is 2.24. The van der Waals surface area contributed by atoms with Crippen LogP contribution < -0.4 is 10.2 Å². The maximum atomic E-state index is 14.0. The summed E-state index contributed by atoms with van der Waals surface area (Å²) in [6, 6.07) is 5.74. The number of rotatable bonds is 7. The van der Waals surface area contributed by atoms with Crippen LogP contribution in [0.5, 0.6) is 0 Å². The fraction of sp³-hybridized carbons (Fsp3) is 0.600. The van der Waals surface area contributed by atoms with Crippen LogP contribution >= 0.6 is 0 Å². The number of halogens is 1. The monoisotopic (exact) mass is 268 g/mol. The van der Waals surface area contributed by atoms with Gasteiger partial charge >= 0.3 is 0 Å². The molecule has 1 N–H and O–H groups in total. The quantitative estimate of drug-likeness (QED) is 0.823. The van der Waals surface area contributed by atoms with E-state index in [4.69, 9.17) is 4.74 Å². The first kappa shape index (κ1) is 15.9. The minimum atomic E-state index is -0.165. The molecule has 0 saturated heterocycles. The van der Waals surface area contributed by atoms with Crippen LogP contribution in [0, 0.1) is 5.82 Å². The molecular formula is C15H25FN2O. The molecule has 1 rings (SSSR count). The van der Waals surface area contributed by atoms with Crippen LogP contribution in [0.15, 0.2) is 18.2 Å². The van der Waals surface area contributed by atoms with Gasteiger partial charge in [0.25, 0.3) is 0 Å². The molecule has 0 fully saturated rings. The third kappa shape index (κ3) is 4.48. The van der Waals surface area contributed by atoms with Gasteiger partial charge < -0.3 is 15.0 Å². The maximum absolute atomic E-state index is 14.0. The average Bonchev–Trinajstić information content (AvgIpc) is 2.36. The molecule has 4 heteroatoms. The summed E-state index contributed by atoms with van der Waals surface area (Å²) < 4.78 is 19.2. The molecular weight excluding hydrogens is 243 g/mol. The number of benzene rings is 1. The fourth-order valence-corrected chi connectivity index (χ4v) is 1.95. The second-order valence-corrected chi connectivity index (χ2v) is 5.19. The van der Waals surface area contributed by atoms with E-state index in [0.717, 1.165) is 5.69 Å². The highest BCUT2D eigenvalue weighted by atomic mass is 19.1. The largest absolute Gasteiger partial charge is 0.383 e. The first-order chi connectivity index (χ1) is 8.97. The van der Waals surface area contributed by atoms with Crippen molar-refractivity contribution < 1.29 is 9.13 Å². The Balaban J connectivity index is 2.95. The average molecular weight is 268 g/mol. The number of likely N-dealkylation sites (N-methyl/N-ethyl adjacent to an activating group) is 1. The van der Waals surface area contributed by atoms with Gasteiger partial charge in [0.15, 0.2) is 0 Å². The first-order valence-electron chi connectivity index (χ1n) is 6.70. The van der Waals surface area contributed by atoms with Gasteiger partial charge in [0.2, 0.25) is 0 Å². The standard InChI is InChI=1S/C15H25FN2O/c1-11(2)17-9-13-14(16)7-6-8-15(13)18(4)12(3)10-19-5/h6-8,11-12,17H,9-10H2,1-5H3. The summed E-state index contributed by atoms with van der Waals surface area (Å²) >= 11 is 0. The summed E-state index contributed by atoms with van der Waals surface area (Å²) in [7, 11) is 3.65. The van der Waals surface area contributed by atoms with E-state index in [9.17, 15) is 4.39 Å². The second kappa shape index (κ2) is 7.46. The lowest BCUT2D eigenvalue weighted by molar-refractivity contribution is 0.183. The van der Waals surface area contributed by atoms with E-state index in [1.54, 1.807) is 13.2 Å². The third-order valence-electron chi connectivity index (χ3n) is 3.23. The van der Waals surface area contributed by atoms with Crippen LogP contribution in [0.1, 0.15) is 26.3 Å². The zero-order valence-corrected chi connectivity index (χ0v) is 12.5. The van der Waals surface area contributed by atoms with Crippen molar-refractivity contribution in [3.8, 4) is 0 Å². The molecule has 0 heterocycles. The highest BCUT2D eigenvalue weighted by Gasteiger charge is 2.16. The zero-order valence-electron chi connectivity index (χ0n) is 12.5. The SMILES string of the molecule is COCC(C)N(C)c1cccc(F)c1CNC(C)C. The molecule has 0 aliphatic carbocycles. The molecule has 1 unspecified atom stereocenters. The van der Waals surface area contributed by atoms with Crippen molar-refractivity contribution in [2.75, 3.05) is 25.7 Å². The summed E-state index contributed by atoms with van der Waals surface area (Å²) in [6.45, 7) is 7.32. The Hall–Kier alpha value is -1.13. The van der Waals surface area contributed by atoms with Crippen molar-refractivity contribution in [2.24, 2.45) is 0 Å². The molecule has 0 saturated carbocycles. The summed E-state index contributed by atoms with van der Waals surface area (Å²) in [5, 5.41) is 3.27. The number of methoxy groups -OCH3 is 1. The van der Waals surface area contributed by atoms with Crippen molar-refractivity contribution >= 4 is 5.69 Å². The lowest BCUT2D eigenvalue weighted by atomic mass is 10.1. The molecule has 1 aromatic rings. The van der Waals surface area contributed by atoms with Gasteiger partial charge in [0.1, 0.15) is 5.82 Å². The Morgan fingerprint density at radius 1 is 1.32 bits per heavy atom. The Morgan fingerprint density at radius 2 is 2.00 bits per heavy atom. The van der Waals surface area contributed by atoms with Crippen LogP contribution in [0.2, 0.25) is 0 Å². The maximum Gasteiger partial charge on any atom is 0.129 e. The van der Waals surface area contributed by atoms with E-state index in [1.165, 1.54) is 6.07 Å². The van der Waals surface area contributed by atoms with Gasteiger partial charge in [-0.2, -0.15) is 0 Å². The first-order valence-corrected chi connectivity index (χ1v) is 6.70. The Morgan fingerprint density at radius 3 is 2.58 bits per heavy atom. The van der Waals surface area contributed by atoms with Crippen LogP contribution in [0.25, 0.3) is 0 Å². The Labute approximate surface area is 115 Å². The molecule has 1 aromatic carbocycles. The molecule has 0 radical (unpaired) electrons. The van der Waals surface area contributed by atoms with Crippen molar-refractivity contribution in [3.63, 3.8) is 0 Å². The van der Waals surface area contributed by atoms with E-state index in [-0.39, 0.29) is 11.9 Å². The van der Waals surface area contributed by atoms with Gasteiger partial charge in [-0.25, -0.2) is 4.39 Å². The number of ether oxygens (including phenoxy) is 1. The van der Waals surface area contributed by atoms with Crippen LogP contribution in [0.4, 0.5) is 10.1 Å². The van der Waals surface area contributed by atoms with Crippen LogP contribution in [-0.2, 0) is 11.3 Å². The summed E-state index contributed by atoms with van der Waals surface area (Å²) in [5.74, 6) is -0.165. The molecule has 1 atom stereocenters. The normalized spacial score (nSPS) is 12.8. The van der Waals surface area contributed by atoms with E-state index < -0.39 is 0 Å². The molecule has 3 nitrogen and oxygen atoms in total. The minimum Gasteiger partial charge on any atom is -0.383 e. The summed E-state index contributed by atoms with van der Waals surface area (Å²) in [5.41, 5.74) is 1.62. The third-order valence-corrected chi connectivity index (χ3v) is 3.23.